The highest BCUT2D eigenvalue weighted by atomic mass is 19.1. The SMILES string of the molecule is CC(C)(C)NC(=O)c1ccc2cc(OC/C(=C/F)CNC(=O)OC(C)(C)C)ccc2n1. The van der Waals surface area contributed by atoms with Crippen LogP contribution in [0.2, 0.25) is 0 Å². The largest absolute Gasteiger partial charge is 0.489 e. The van der Waals surface area contributed by atoms with Crippen LogP contribution in [0.4, 0.5) is 9.18 Å². The van der Waals surface area contributed by atoms with Crippen LogP contribution in [-0.4, -0.2) is 41.3 Å². The second-order valence-corrected chi connectivity index (χ2v) is 9.17. The van der Waals surface area contributed by atoms with Crippen LogP contribution in [0.5, 0.6) is 5.75 Å². The van der Waals surface area contributed by atoms with Gasteiger partial charge in [0.1, 0.15) is 23.7 Å². The van der Waals surface area contributed by atoms with Gasteiger partial charge in [0.2, 0.25) is 0 Å². The third-order valence-electron chi connectivity index (χ3n) is 3.82. The maximum atomic E-state index is 13.2. The maximum Gasteiger partial charge on any atom is 0.407 e. The molecule has 0 atom stereocenters. The summed E-state index contributed by atoms with van der Waals surface area (Å²) in [4.78, 5) is 28.4. The first-order chi connectivity index (χ1) is 14.4. The molecule has 1 aromatic heterocycles. The van der Waals surface area contributed by atoms with Gasteiger partial charge in [-0.3, -0.25) is 4.79 Å². The van der Waals surface area contributed by atoms with Gasteiger partial charge < -0.3 is 20.1 Å². The zero-order valence-electron chi connectivity index (χ0n) is 18.8. The molecule has 0 saturated carbocycles. The molecule has 168 valence electrons. The van der Waals surface area contributed by atoms with E-state index in [1.165, 1.54) is 0 Å². The Morgan fingerprint density at radius 2 is 1.81 bits per heavy atom. The van der Waals surface area contributed by atoms with E-state index in [1.807, 2.05) is 20.8 Å². The van der Waals surface area contributed by atoms with E-state index in [0.29, 0.717) is 23.3 Å². The number of amides is 2. The number of fused-ring (bicyclic) bond motifs is 1. The molecule has 1 heterocycles. The molecule has 31 heavy (non-hydrogen) atoms. The molecule has 2 aromatic rings. The van der Waals surface area contributed by atoms with Crippen molar-refractivity contribution in [2.24, 2.45) is 0 Å². The van der Waals surface area contributed by atoms with Crippen molar-refractivity contribution < 1.29 is 23.5 Å². The molecule has 0 aliphatic rings. The van der Waals surface area contributed by atoms with Gasteiger partial charge in [-0.25, -0.2) is 14.2 Å². The number of alkyl carbamates (subject to hydrolysis) is 1. The Morgan fingerprint density at radius 3 is 2.42 bits per heavy atom. The summed E-state index contributed by atoms with van der Waals surface area (Å²) < 4.78 is 23.9. The Hall–Kier alpha value is -3.16. The highest BCUT2D eigenvalue weighted by Crippen LogP contribution is 2.21. The summed E-state index contributed by atoms with van der Waals surface area (Å²) in [6.45, 7) is 10.9. The van der Waals surface area contributed by atoms with Gasteiger partial charge in [-0.1, -0.05) is 6.07 Å². The second-order valence-electron chi connectivity index (χ2n) is 9.17. The number of halogens is 1. The van der Waals surface area contributed by atoms with Crippen LogP contribution in [-0.2, 0) is 4.74 Å². The average Bonchev–Trinajstić information content (AvgIpc) is 2.64. The molecule has 0 aliphatic heterocycles. The summed E-state index contributed by atoms with van der Waals surface area (Å²) in [5.74, 6) is 0.266. The molecule has 8 heteroatoms. The van der Waals surface area contributed by atoms with Crippen molar-refractivity contribution in [3.63, 3.8) is 0 Å². The van der Waals surface area contributed by atoms with E-state index in [-0.39, 0.29) is 30.2 Å². The number of aromatic nitrogens is 1. The minimum Gasteiger partial charge on any atom is -0.489 e. The van der Waals surface area contributed by atoms with E-state index in [0.717, 1.165) is 5.39 Å². The fraction of sp³-hybridized carbons (Fsp3) is 0.435. The monoisotopic (exact) mass is 431 g/mol. The van der Waals surface area contributed by atoms with Crippen LogP contribution in [0.15, 0.2) is 42.2 Å². The van der Waals surface area contributed by atoms with Gasteiger partial charge >= 0.3 is 6.09 Å². The number of carbonyl (C=O) groups excluding carboxylic acids is 2. The van der Waals surface area contributed by atoms with Crippen molar-refractivity contribution in [2.45, 2.75) is 52.7 Å². The summed E-state index contributed by atoms with van der Waals surface area (Å²) in [6, 6.07) is 8.60. The lowest BCUT2D eigenvalue weighted by molar-refractivity contribution is 0.0531. The molecule has 7 nitrogen and oxygen atoms in total. The number of carbonyl (C=O) groups is 2. The predicted molar refractivity (Wildman–Crippen MR) is 118 cm³/mol. The van der Waals surface area contributed by atoms with Crippen molar-refractivity contribution in [1.82, 2.24) is 15.6 Å². The molecule has 0 aliphatic carbocycles. The van der Waals surface area contributed by atoms with Gasteiger partial charge in [-0.05, 0) is 65.8 Å². The number of hydrogen-bond acceptors (Lipinski definition) is 5. The smallest absolute Gasteiger partial charge is 0.407 e. The molecular weight excluding hydrogens is 401 g/mol. The number of pyridine rings is 1. The van der Waals surface area contributed by atoms with Gasteiger partial charge in [0.05, 0.1) is 11.8 Å². The molecular formula is C23H30FN3O4. The molecule has 2 N–H and O–H groups in total. The van der Waals surface area contributed by atoms with E-state index in [9.17, 15) is 14.0 Å². The number of ether oxygens (including phenoxy) is 2. The molecule has 0 saturated heterocycles. The minimum absolute atomic E-state index is 0.0349. The molecule has 0 bridgehead atoms. The van der Waals surface area contributed by atoms with Gasteiger partial charge in [0, 0.05) is 23.0 Å². The zero-order chi connectivity index (χ0) is 23.2. The van der Waals surface area contributed by atoms with Gasteiger partial charge in [-0.2, -0.15) is 0 Å². The van der Waals surface area contributed by atoms with Crippen LogP contribution in [0.3, 0.4) is 0 Å². The summed E-state index contributed by atoms with van der Waals surface area (Å²) in [7, 11) is 0. The summed E-state index contributed by atoms with van der Waals surface area (Å²) in [5.41, 5.74) is 0.227. The van der Waals surface area contributed by atoms with Crippen molar-refractivity contribution in [1.29, 1.82) is 0 Å². The molecule has 0 unspecified atom stereocenters. The number of hydrogen-bond donors (Lipinski definition) is 2. The first kappa shape index (κ1) is 24.1. The zero-order valence-corrected chi connectivity index (χ0v) is 18.8. The van der Waals surface area contributed by atoms with Crippen LogP contribution in [0, 0.1) is 0 Å². The van der Waals surface area contributed by atoms with Crippen molar-refractivity contribution in [3.8, 4) is 5.75 Å². The quantitative estimate of drug-likeness (QED) is 0.702. The summed E-state index contributed by atoms with van der Waals surface area (Å²) >= 11 is 0. The molecule has 1 aromatic carbocycles. The molecule has 0 radical (unpaired) electrons. The highest BCUT2D eigenvalue weighted by molar-refractivity contribution is 5.95. The van der Waals surface area contributed by atoms with E-state index in [4.69, 9.17) is 9.47 Å². The van der Waals surface area contributed by atoms with E-state index < -0.39 is 11.7 Å². The van der Waals surface area contributed by atoms with Crippen molar-refractivity contribution in [3.05, 3.63) is 47.9 Å². The van der Waals surface area contributed by atoms with Crippen molar-refractivity contribution >= 4 is 22.9 Å². The van der Waals surface area contributed by atoms with Crippen LogP contribution < -0.4 is 15.4 Å². The highest BCUT2D eigenvalue weighted by Gasteiger charge is 2.17. The minimum atomic E-state index is -0.632. The topological polar surface area (TPSA) is 89.6 Å². The summed E-state index contributed by atoms with van der Waals surface area (Å²) in [6.07, 6.45) is -0.227. The predicted octanol–water partition coefficient (Wildman–Crippen LogP) is 4.52. The lowest BCUT2D eigenvalue weighted by Crippen LogP contribution is -2.40. The fourth-order valence-electron chi connectivity index (χ4n) is 2.52. The van der Waals surface area contributed by atoms with E-state index >= 15 is 0 Å². The molecule has 2 amide bonds. The van der Waals surface area contributed by atoms with E-state index in [2.05, 4.69) is 15.6 Å². The average molecular weight is 432 g/mol. The van der Waals surface area contributed by atoms with Crippen molar-refractivity contribution in [2.75, 3.05) is 13.2 Å². The maximum absolute atomic E-state index is 13.2. The Bertz CT molecular complexity index is 975. The Kier molecular flexibility index (Phi) is 7.60. The summed E-state index contributed by atoms with van der Waals surface area (Å²) in [5, 5.41) is 6.15. The lowest BCUT2D eigenvalue weighted by Gasteiger charge is -2.20. The number of nitrogens with zero attached hydrogens (tertiary/aromatic N) is 1. The van der Waals surface area contributed by atoms with Crippen LogP contribution >= 0.6 is 0 Å². The third-order valence-corrected chi connectivity index (χ3v) is 3.82. The third kappa shape index (κ3) is 8.24. The van der Waals surface area contributed by atoms with Gasteiger partial charge in [-0.15, -0.1) is 0 Å². The van der Waals surface area contributed by atoms with Crippen LogP contribution in [0.25, 0.3) is 10.9 Å². The van der Waals surface area contributed by atoms with Crippen LogP contribution in [0.1, 0.15) is 52.0 Å². The van der Waals surface area contributed by atoms with Gasteiger partial charge in [0.25, 0.3) is 5.91 Å². The Morgan fingerprint density at radius 1 is 1.10 bits per heavy atom. The second kappa shape index (κ2) is 9.76. The van der Waals surface area contributed by atoms with E-state index in [1.54, 1.807) is 51.1 Å². The first-order valence-corrected chi connectivity index (χ1v) is 9.97. The number of nitrogens with one attached hydrogen (secondary N) is 2. The van der Waals surface area contributed by atoms with Gasteiger partial charge in [0.15, 0.2) is 0 Å². The normalized spacial score (nSPS) is 12.4. The molecule has 0 spiro atoms. The fourth-order valence-corrected chi connectivity index (χ4v) is 2.52. The number of benzene rings is 1. The Balaban J connectivity index is 1.98. The number of rotatable bonds is 6. The molecule has 2 rings (SSSR count). The first-order valence-electron chi connectivity index (χ1n) is 9.97. The standard InChI is InChI=1S/C23H30FN3O4/c1-22(2,3)27-20(28)19-9-7-16-11-17(8-10-18(16)26-19)30-14-15(12-24)13-25-21(29)31-23(4,5)6/h7-12H,13-14H2,1-6H3,(H,25,29)(H,27,28)/b15-12+. The molecule has 0 fully saturated rings. The Labute approximate surface area is 182 Å². The lowest BCUT2D eigenvalue weighted by atomic mass is 10.1.